The largest absolute Gasteiger partial charge is 0.361 e. The molecule has 1 aliphatic rings. The monoisotopic (exact) mass is 342 g/mol. The number of amides is 2. The molecule has 1 unspecified atom stereocenters. The van der Waals surface area contributed by atoms with Crippen LogP contribution in [-0.2, 0) is 11.3 Å². The third-order valence-electron chi connectivity index (χ3n) is 4.45. The van der Waals surface area contributed by atoms with Crippen molar-refractivity contribution in [3.63, 3.8) is 0 Å². The van der Waals surface area contributed by atoms with E-state index in [4.69, 9.17) is 4.52 Å². The molecule has 25 heavy (non-hydrogen) atoms. The molecule has 0 bridgehead atoms. The number of rotatable bonds is 4. The molecular weight excluding hydrogens is 320 g/mol. The zero-order chi connectivity index (χ0) is 18.0. The molecule has 7 heteroatoms. The molecule has 0 radical (unpaired) electrons. The van der Waals surface area contributed by atoms with Gasteiger partial charge in [0.2, 0.25) is 5.91 Å². The first-order valence-corrected chi connectivity index (χ1v) is 8.41. The predicted molar refractivity (Wildman–Crippen MR) is 90.7 cm³/mol. The van der Waals surface area contributed by atoms with E-state index in [9.17, 15) is 9.59 Å². The van der Waals surface area contributed by atoms with E-state index in [2.05, 4.69) is 15.5 Å². The van der Waals surface area contributed by atoms with Crippen LogP contribution in [0.25, 0.3) is 0 Å². The van der Waals surface area contributed by atoms with Crippen molar-refractivity contribution in [1.29, 1.82) is 0 Å². The van der Waals surface area contributed by atoms with Gasteiger partial charge >= 0.3 is 0 Å². The molecule has 1 aliphatic heterocycles. The Morgan fingerprint density at radius 2 is 2.16 bits per heavy atom. The standard InChI is InChI=1S/C18H22N4O3/c1-11-17(12(2)25-21-11)18(24)22-9-5-8-16(22)15-7-4-6-14(20-15)10-19-13(3)23/h4,6-7,16H,5,8-10H2,1-3H3,(H,19,23). The lowest BCUT2D eigenvalue weighted by Crippen LogP contribution is -2.32. The average Bonchev–Trinajstić information content (AvgIpc) is 3.20. The highest BCUT2D eigenvalue weighted by molar-refractivity contribution is 5.96. The maximum atomic E-state index is 13.0. The number of aromatic nitrogens is 2. The Hall–Kier alpha value is -2.70. The Labute approximate surface area is 146 Å². The van der Waals surface area contributed by atoms with Gasteiger partial charge in [-0.2, -0.15) is 0 Å². The fraction of sp³-hybridized carbons (Fsp3) is 0.444. The molecule has 2 aromatic rings. The van der Waals surface area contributed by atoms with E-state index in [-0.39, 0.29) is 17.9 Å². The zero-order valence-electron chi connectivity index (χ0n) is 14.7. The minimum absolute atomic E-state index is 0.0622. The van der Waals surface area contributed by atoms with Crippen LogP contribution < -0.4 is 5.32 Å². The SMILES string of the molecule is CC(=O)NCc1cccc(C2CCCN2C(=O)c2c(C)noc2C)n1. The first kappa shape index (κ1) is 17.1. The molecule has 2 amide bonds. The van der Waals surface area contributed by atoms with Crippen molar-refractivity contribution in [2.24, 2.45) is 0 Å². The van der Waals surface area contributed by atoms with Gasteiger partial charge in [-0.3, -0.25) is 14.6 Å². The number of hydrogen-bond donors (Lipinski definition) is 1. The molecule has 1 N–H and O–H groups in total. The summed E-state index contributed by atoms with van der Waals surface area (Å²) < 4.78 is 5.14. The number of carbonyl (C=O) groups is 2. The molecule has 0 aromatic carbocycles. The molecule has 2 aromatic heterocycles. The van der Waals surface area contributed by atoms with Gasteiger partial charge in [0.25, 0.3) is 5.91 Å². The van der Waals surface area contributed by atoms with Gasteiger partial charge in [0, 0.05) is 13.5 Å². The number of nitrogens with one attached hydrogen (secondary N) is 1. The molecule has 0 spiro atoms. The fourth-order valence-corrected chi connectivity index (χ4v) is 3.25. The second-order valence-corrected chi connectivity index (χ2v) is 6.32. The van der Waals surface area contributed by atoms with Gasteiger partial charge in [-0.1, -0.05) is 11.2 Å². The molecule has 3 heterocycles. The van der Waals surface area contributed by atoms with Crippen molar-refractivity contribution in [2.45, 2.75) is 46.2 Å². The number of pyridine rings is 1. The lowest BCUT2D eigenvalue weighted by Gasteiger charge is -2.24. The maximum absolute atomic E-state index is 13.0. The van der Waals surface area contributed by atoms with Crippen molar-refractivity contribution < 1.29 is 14.1 Å². The number of nitrogens with zero attached hydrogens (tertiary/aromatic N) is 3. The van der Waals surface area contributed by atoms with Crippen LogP contribution >= 0.6 is 0 Å². The number of likely N-dealkylation sites (tertiary alicyclic amines) is 1. The summed E-state index contributed by atoms with van der Waals surface area (Å²) in [5.74, 6) is 0.386. The molecule has 1 fully saturated rings. The normalized spacial score (nSPS) is 16.9. The Morgan fingerprint density at radius 1 is 1.36 bits per heavy atom. The van der Waals surface area contributed by atoms with E-state index in [1.54, 1.807) is 13.8 Å². The van der Waals surface area contributed by atoms with E-state index >= 15 is 0 Å². The maximum Gasteiger partial charge on any atom is 0.259 e. The third-order valence-corrected chi connectivity index (χ3v) is 4.45. The van der Waals surface area contributed by atoms with Gasteiger partial charge in [0.1, 0.15) is 11.3 Å². The summed E-state index contributed by atoms with van der Waals surface area (Å²) in [6.07, 6.45) is 1.79. The molecule has 132 valence electrons. The van der Waals surface area contributed by atoms with Crippen LogP contribution in [0.2, 0.25) is 0 Å². The highest BCUT2D eigenvalue weighted by Crippen LogP contribution is 2.33. The topological polar surface area (TPSA) is 88.3 Å². The molecule has 7 nitrogen and oxygen atoms in total. The Bertz CT molecular complexity index is 780. The van der Waals surface area contributed by atoms with E-state index in [1.165, 1.54) is 6.92 Å². The Morgan fingerprint density at radius 3 is 2.84 bits per heavy atom. The first-order chi connectivity index (χ1) is 12.0. The summed E-state index contributed by atoms with van der Waals surface area (Å²) in [6.45, 7) is 6.08. The quantitative estimate of drug-likeness (QED) is 0.921. The highest BCUT2D eigenvalue weighted by Gasteiger charge is 2.34. The fourth-order valence-electron chi connectivity index (χ4n) is 3.25. The summed E-state index contributed by atoms with van der Waals surface area (Å²) in [6, 6.07) is 5.64. The summed E-state index contributed by atoms with van der Waals surface area (Å²) in [5, 5.41) is 6.63. The average molecular weight is 342 g/mol. The Balaban J connectivity index is 1.83. The van der Waals surface area contributed by atoms with Crippen molar-refractivity contribution in [3.8, 4) is 0 Å². The van der Waals surface area contributed by atoms with E-state index < -0.39 is 0 Å². The van der Waals surface area contributed by atoms with Crippen LogP contribution in [0.4, 0.5) is 0 Å². The Kier molecular flexibility index (Phi) is 4.83. The molecule has 1 atom stereocenters. The minimum atomic E-state index is -0.0942. The second kappa shape index (κ2) is 7.04. The first-order valence-electron chi connectivity index (χ1n) is 8.41. The predicted octanol–water partition coefficient (Wildman–Crippen LogP) is 2.30. The van der Waals surface area contributed by atoms with Crippen LogP contribution in [0, 0.1) is 13.8 Å². The van der Waals surface area contributed by atoms with Crippen molar-refractivity contribution in [2.75, 3.05) is 6.54 Å². The van der Waals surface area contributed by atoms with Crippen LogP contribution in [-0.4, -0.2) is 33.4 Å². The van der Waals surface area contributed by atoms with Crippen LogP contribution in [0.1, 0.15) is 59.0 Å². The summed E-state index contributed by atoms with van der Waals surface area (Å²) >= 11 is 0. The van der Waals surface area contributed by atoms with Gasteiger partial charge in [-0.25, -0.2) is 0 Å². The van der Waals surface area contributed by atoms with Crippen LogP contribution in [0.3, 0.4) is 0 Å². The van der Waals surface area contributed by atoms with Crippen molar-refractivity contribution in [1.82, 2.24) is 20.4 Å². The number of hydrogen-bond acceptors (Lipinski definition) is 5. The smallest absolute Gasteiger partial charge is 0.259 e. The highest BCUT2D eigenvalue weighted by atomic mass is 16.5. The van der Waals surface area contributed by atoms with Crippen molar-refractivity contribution in [3.05, 3.63) is 46.6 Å². The van der Waals surface area contributed by atoms with Crippen LogP contribution in [0.5, 0.6) is 0 Å². The van der Waals surface area contributed by atoms with E-state index in [0.717, 1.165) is 24.2 Å². The zero-order valence-corrected chi connectivity index (χ0v) is 14.7. The molecule has 0 saturated carbocycles. The molecule has 1 saturated heterocycles. The number of carbonyl (C=O) groups excluding carboxylic acids is 2. The third kappa shape index (κ3) is 3.55. The van der Waals surface area contributed by atoms with Gasteiger partial charge in [-0.15, -0.1) is 0 Å². The molecule has 3 rings (SSSR count). The van der Waals surface area contributed by atoms with Crippen LogP contribution in [0.15, 0.2) is 22.7 Å². The van der Waals surface area contributed by atoms with E-state index in [1.807, 2.05) is 23.1 Å². The summed E-state index contributed by atoms with van der Waals surface area (Å²) in [5.41, 5.74) is 2.78. The lowest BCUT2D eigenvalue weighted by molar-refractivity contribution is -0.119. The van der Waals surface area contributed by atoms with Gasteiger partial charge < -0.3 is 14.7 Å². The summed E-state index contributed by atoms with van der Waals surface area (Å²) in [4.78, 5) is 30.5. The molecule has 0 aliphatic carbocycles. The summed E-state index contributed by atoms with van der Waals surface area (Å²) in [7, 11) is 0. The second-order valence-electron chi connectivity index (χ2n) is 6.32. The van der Waals surface area contributed by atoms with Gasteiger partial charge in [-0.05, 0) is 38.8 Å². The minimum Gasteiger partial charge on any atom is -0.361 e. The van der Waals surface area contributed by atoms with E-state index in [0.29, 0.717) is 30.1 Å². The lowest BCUT2D eigenvalue weighted by atomic mass is 10.1. The van der Waals surface area contributed by atoms with Crippen molar-refractivity contribution >= 4 is 11.8 Å². The number of aryl methyl sites for hydroxylation is 2. The van der Waals surface area contributed by atoms with Gasteiger partial charge in [0.15, 0.2) is 0 Å². The molecular formula is C18H22N4O3. The van der Waals surface area contributed by atoms with Gasteiger partial charge in [0.05, 0.1) is 29.7 Å².